The summed E-state index contributed by atoms with van der Waals surface area (Å²) in [5, 5.41) is 8.12. The van der Waals surface area contributed by atoms with Gasteiger partial charge >= 0.3 is 0 Å². The van der Waals surface area contributed by atoms with Gasteiger partial charge in [-0.15, -0.1) is 0 Å². The third-order valence-corrected chi connectivity index (χ3v) is 3.68. The molecule has 0 aliphatic carbocycles. The van der Waals surface area contributed by atoms with Crippen molar-refractivity contribution < 1.29 is 4.42 Å². The average Bonchev–Trinajstić information content (AvgIpc) is 2.90. The highest BCUT2D eigenvalue weighted by Crippen LogP contribution is 2.32. The minimum absolute atomic E-state index is 0.0296. The zero-order valence-electron chi connectivity index (χ0n) is 10.3. The smallest absolute Gasteiger partial charge is 0.198 e. The lowest BCUT2D eigenvalue weighted by atomic mass is 10.1. The summed E-state index contributed by atoms with van der Waals surface area (Å²) in [5.74, 6) is 0. The molecule has 0 fully saturated rings. The lowest BCUT2D eigenvalue weighted by Gasteiger charge is -2.18. The summed E-state index contributed by atoms with van der Waals surface area (Å²) in [7, 11) is 1.91. The second-order valence-corrected chi connectivity index (χ2v) is 5.24. The second-order valence-electron chi connectivity index (χ2n) is 4.04. The van der Waals surface area contributed by atoms with Crippen molar-refractivity contribution >= 4 is 27.5 Å². The topological polar surface area (TPSA) is 43.0 Å². The third kappa shape index (κ3) is 2.63. The molecule has 98 valence electrons. The largest absolute Gasteiger partial charge is 0.453 e. The Kier molecular flexibility index (Phi) is 4.48. The first kappa shape index (κ1) is 13.6. The summed E-state index contributed by atoms with van der Waals surface area (Å²) < 4.78 is 7.97. The first-order valence-corrected chi connectivity index (χ1v) is 6.96. The van der Waals surface area contributed by atoms with E-state index in [4.69, 9.17) is 16.0 Å². The molecule has 18 heavy (non-hydrogen) atoms. The van der Waals surface area contributed by atoms with Gasteiger partial charge in [0.2, 0.25) is 0 Å². The molecular weight excluding hydrogens is 318 g/mol. The Hall–Kier alpha value is -0.780. The lowest BCUT2D eigenvalue weighted by Crippen LogP contribution is -2.25. The van der Waals surface area contributed by atoms with Crippen LogP contribution in [0.2, 0.25) is 5.22 Å². The van der Waals surface area contributed by atoms with Crippen molar-refractivity contribution in [3.63, 3.8) is 0 Å². The van der Waals surface area contributed by atoms with Crippen molar-refractivity contribution in [1.29, 1.82) is 0 Å². The van der Waals surface area contributed by atoms with E-state index in [-0.39, 0.29) is 6.04 Å². The number of hydrogen-bond acceptors (Lipinski definition) is 3. The fourth-order valence-electron chi connectivity index (χ4n) is 1.90. The molecule has 0 aromatic carbocycles. The zero-order chi connectivity index (χ0) is 13.1. The van der Waals surface area contributed by atoms with Crippen molar-refractivity contribution in [3.8, 4) is 0 Å². The Morgan fingerprint density at radius 3 is 2.89 bits per heavy atom. The van der Waals surface area contributed by atoms with E-state index < -0.39 is 0 Å². The summed E-state index contributed by atoms with van der Waals surface area (Å²) in [6.45, 7) is 3.02. The Bertz CT molecular complexity index is 504. The standard InChI is InChI=1S/C12H15BrClN3O/c1-3-5-15-10(8-4-6-18-12(8)14)11-9(13)7-16-17(11)2/h4,6-7,10,15H,3,5H2,1-2H3. The molecule has 0 aliphatic rings. The van der Waals surface area contributed by atoms with E-state index in [1.807, 2.05) is 17.8 Å². The van der Waals surface area contributed by atoms with Crippen molar-refractivity contribution in [2.75, 3.05) is 6.54 Å². The Morgan fingerprint density at radius 1 is 1.61 bits per heavy atom. The molecule has 2 heterocycles. The molecule has 1 N–H and O–H groups in total. The second kappa shape index (κ2) is 5.91. The molecule has 6 heteroatoms. The van der Waals surface area contributed by atoms with Gasteiger partial charge in [-0.25, -0.2) is 0 Å². The van der Waals surface area contributed by atoms with Crippen molar-refractivity contribution in [2.45, 2.75) is 19.4 Å². The number of furan rings is 1. The van der Waals surface area contributed by atoms with Gasteiger partial charge in [-0.3, -0.25) is 4.68 Å². The summed E-state index contributed by atoms with van der Waals surface area (Å²) in [4.78, 5) is 0. The van der Waals surface area contributed by atoms with Gasteiger partial charge in [0.25, 0.3) is 0 Å². The van der Waals surface area contributed by atoms with Crippen LogP contribution in [0.15, 0.2) is 27.4 Å². The molecule has 0 radical (unpaired) electrons. The summed E-state index contributed by atoms with van der Waals surface area (Å²) >= 11 is 9.61. The normalized spacial score (nSPS) is 12.9. The highest BCUT2D eigenvalue weighted by molar-refractivity contribution is 9.10. The van der Waals surface area contributed by atoms with E-state index in [0.717, 1.165) is 28.7 Å². The molecule has 0 saturated heterocycles. The molecular formula is C12H15BrClN3O. The van der Waals surface area contributed by atoms with Crippen LogP contribution in [-0.4, -0.2) is 16.3 Å². The third-order valence-electron chi connectivity index (χ3n) is 2.77. The van der Waals surface area contributed by atoms with Crippen LogP contribution in [0.25, 0.3) is 0 Å². The van der Waals surface area contributed by atoms with Crippen molar-refractivity contribution in [3.05, 3.63) is 39.5 Å². The molecule has 0 saturated carbocycles. The SMILES string of the molecule is CCCNC(c1ccoc1Cl)c1c(Br)cnn1C. The average molecular weight is 333 g/mol. The fraction of sp³-hybridized carbons (Fsp3) is 0.417. The van der Waals surface area contributed by atoms with Crippen LogP contribution in [0.3, 0.4) is 0 Å². The van der Waals surface area contributed by atoms with E-state index in [2.05, 4.69) is 33.3 Å². The quantitative estimate of drug-likeness (QED) is 0.911. The zero-order valence-corrected chi connectivity index (χ0v) is 12.6. The van der Waals surface area contributed by atoms with Crippen molar-refractivity contribution in [1.82, 2.24) is 15.1 Å². The highest BCUT2D eigenvalue weighted by Gasteiger charge is 2.23. The number of aryl methyl sites for hydroxylation is 1. The van der Waals surface area contributed by atoms with Crippen LogP contribution < -0.4 is 5.32 Å². The lowest BCUT2D eigenvalue weighted by molar-refractivity contribution is 0.531. The Morgan fingerprint density at radius 2 is 2.39 bits per heavy atom. The summed E-state index contributed by atoms with van der Waals surface area (Å²) in [5.41, 5.74) is 1.96. The number of aromatic nitrogens is 2. The number of rotatable bonds is 5. The molecule has 2 aromatic heterocycles. The number of nitrogens with one attached hydrogen (secondary N) is 1. The van der Waals surface area contributed by atoms with Gasteiger partial charge in [-0.05, 0) is 46.6 Å². The van der Waals surface area contributed by atoms with E-state index in [1.54, 1.807) is 12.5 Å². The van der Waals surface area contributed by atoms with Gasteiger partial charge in [0.15, 0.2) is 5.22 Å². The first-order valence-electron chi connectivity index (χ1n) is 5.78. The Labute approximate surface area is 119 Å². The Balaban J connectivity index is 2.40. The molecule has 0 aliphatic heterocycles. The van der Waals surface area contributed by atoms with Crippen LogP contribution in [-0.2, 0) is 7.05 Å². The summed E-state index contributed by atoms with van der Waals surface area (Å²) in [6, 6.07) is 1.85. The molecule has 4 nitrogen and oxygen atoms in total. The van der Waals surface area contributed by atoms with E-state index in [0.29, 0.717) is 5.22 Å². The van der Waals surface area contributed by atoms with Crippen LogP contribution >= 0.6 is 27.5 Å². The van der Waals surface area contributed by atoms with Crippen LogP contribution in [0.1, 0.15) is 30.6 Å². The number of nitrogens with zero attached hydrogens (tertiary/aromatic N) is 2. The molecule has 2 aromatic rings. The predicted molar refractivity (Wildman–Crippen MR) is 74.8 cm³/mol. The van der Waals surface area contributed by atoms with Gasteiger partial charge in [-0.2, -0.15) is 5.10 Å². The van der Waals surface area contributed by atoms with Gasteiger partial charge < -0.3 is 9.73 Å². The molecule has 0 spiro atoms. The minimum Gasteiger partial charge on any atom is -0.453 e. The molecule has 0 bridgehead atoms. The monoisotopic (exact) mass is 331 g/mol. The highest BCUT2D eigenvalue weighted by atomic mass is 79.9. The summed E-state index contributed by atoms with van der Waals surface area (Å²) in [6.07, 6.45) is 4.42. The van der Waals surface area contributed by atoms with E-state index >= 15 is 0 Å². The molecule has 0 amide bonds. The van der Waals surface area contributed by atoms with Crippen LogP contribution in [0.4, 0.5) is 0 Å². The van der Waals surface area contributed by atoms with Crippen LogP contribution in [0.5, 0.6) is 0 Å². The molecule has 1 unspecified atom stereocenters. The maximum atomic E-state index is 6.08. The minimum atomic E-state index is -0.0296. The maximum absolute atomic E-state index is 6.08. The molecule has 1 atom stereocenters. The first-order chi connectivity index (χ1) is 8.65. The number of halogens is 2. The van der Waals surface area contributed by atoms with E-state index in [1.165, 1.54) is 0 Å². The van der Waals surface area contributed by atoms with Gasteiger partial charge in [-0.1, -0.05) is 6.92 Å². The number of hydrogen-bond donors (Lipinski definition) is 1. The van der Waals surface area contributed by atoms with Crippen LogP contribution in [0, 0.1) is 0 Å². The van der Waals surface area contributed by atoms with Gasteiger partial charge in [0.1, 0.15) is 0 Å². The predicted octanol–water partition coefficient (Wildman–Crippen LogP) is 3.52. The molecule has 2 rings (SSSR count). The fourth-order valence-corrected chi connectivity index (χ4v) is 2.70. The maximum Gasteiger partial charge on any atom is 0.198 e. The van der Waals surface area contributed by atoms with Gasteiger partial charge in [0, 0.05) is 12.6 Å². The van der Waals surface area contributed by atoms with Crippen molar-refractivity contribution in [2.24, 2.45) is 7.05 Å². The van der Waals surface area contributed by atoms with E-state index in [9.17, 15) is 0 Å². The van der Waals surface area contributed by atoms with Gasteiger partial charge in [0.05, 0.1) is 28.7 Å².